The summed E-state index contributed by atoms with van der Waals surface area (Å²) in [6.07, 6.45) is 2.38. The molecule has 0 aromatic heterocycles. The van der Waals surface area contributed by atoms with Crippen LogP contribution in [0.25, 0.3) is 0 Å². The van der Waals surface area contributed by atoms with Crippen molar-refractivity contribution in [1.82, 2.24) is 10.6 Å². The maximum absolute atomic E-state index is 4.84. The van der Waals surface area contributed by atoms with Gasteiger partial charge in [0.15, 0.2) is 0 Å². The molecule has 1 saturated heterocycles. The predicted octanol–water partition coefficient (Wildman–Crippen LogP) is 0.766. The molecule has 0 atom stereocenters. The number of nitrogens with one attached hydrogen (secondary N) is 2. The van der Waals surface area contributed by atoms with Gasteiger partial charge in [0.2, 0.25) is 0 Å². The van der Waals surface area contributed by atoms with Gasteiger partial charge < -0.3 is 10.6 Å². The van der Waals surface area contributed by atoms with Gasteiger partial charge in [-0.3, -0.25) is 4.99 Å². The fraction of sp³-hybridized carbons (Fsp3) is 0.900. The van der Waals surface area contributed by atoms with Crippen LogP contribution in [0, 0.1) is 5.92 Å². The molecule has 2 aliphatic heterocycles. The molecule has 0 aromatic carbocycles. The Morgan fingerprint density at radius 3 is 2.54 bits per heavy atom. The number of aliphatic imine (C=N–C) groups is 1. The molecule has 0 amide bonds. The first kappa shape index (κ1) is 9.00. The van der Waals surface area contributed by atoms with Crippen molar-refractivity contribution in [3.8, 4) is 0 Å². The highest BCUT2D eigenvalue weighted by atomic mass is 15.1. The molecule has 74 valence electrons. The zero-order chi connectivity index (χ0) is 9.31. The standard InChI is InChI=1S/C10H19N3/c1-8(2)9-12-7-10(13-9)3-5-11-6-4-10/h8,11H,3-7H2,1-2H3,(H,12,13). The van der Waals surface area contributed by atoms with E-state index in [0.29, 0.717) is 5.92 Å². The van der Waals surface area contributed by atoms with Crippen LogP contribution in [0.3, 0.4) is 0 Å². The third-order valence-electron chi connectivity index (χ3n) is 3.04. The van der Waals surface area contributed by atoms with E-state index in [-0.39, 0.29) is 5.54 Å². The van der Waals surface area contributed by atoms with Crippen molar-refractivity contribution < 1.29 is 0 Å². The van der Waals surface area contributed by atoms with Crippen LogP contribution in [0.1, 0.15) is 26.7 Å². The van der Waals surface area contributed by atoms with Crippen LogP contribution in [0.2, 0.25) is 0 Å². The smallest absolute Gasteiger partial charge is 0.0997 e. The second-order valence-electron chi connectivity index (χ2n) is 4.48. The predicted molar refractivity (Wildman–Crippen MR) is 55.1 cm³/mol. The van der Waals surface area contributed by atoms with Crippen molar-refractivity contribution in [3.05, 3.63) is 0 Å². The van der Waals surface area contributed by atoms with Crippen LogP contribution in [-0.2, 0) is 0 Å². The minimum absolute atomic E-state index is 0.241. The van der Waals surface area contributed by atoms with Gasteiger partial charge in [-0.25, -0.2) is 0 Å². The fourth-order valence-electron chi connectivity index (χ4n) is 2.10. The summed E-state index contributed by atoms with van der Waals surface area (Å²) in [6.45, 7) is 7.70. The average molecular weight is 181 g/mol. The Balaban J connectivity index is 2.08. The van der Waals surface area contributed by atoms with Crippen molar-refractivity contribution in [2.45, 2.75) is 32.2 Å². The van der Waals surface area contributed by atoms with Gasteiger partial charge in [0, 0.05) is 12.5 Å². The Labute approximate surface area is 80.0 Å². The Morgan fingerprint density at radius 1 is 1.31 bits per heavy atom. The quantitative estimate of drug-likeness (QED) is 0.627. The molecule has 0 aromatic rings. The molecule has 0 aliphatic carbocycles. The number of hydrogen-bond donors (Lipinski definition) is 2. The first-order chi connectivity index (χ1) is 6.22. The molecule has 3 nitrogen and oxygen atoms in total. The van der Waals surface area contributed by atoms with Gasteiger partial charge in [0.25, 0.3) is 0 Å². The van der Waals surface area contributed by atoms with E-state index in [0.717, 1.165) is 19.6 Å². The van der Waals surface area contributed by atoms with Gasteiger partial charge in [-0.2, -0.15) is 0 Å². The van der Waals surface area contributed by atoms with E-state index < -0.39 is 0 Å². The van der Waals surface area contributed by atoms with Crippen molar-refractivity contribution in [1.29, 1.82) is 0 Å². The van der Waals surface area contributed by atoms with Crippen LogP contribution in [0.15, 0.2) is 4.99 Å². The molecule has 0 radical (unpaired) electrons. The van der Waals surface area contributed by atoms with Gasteiger partial charge in [-0.05, 0) is 25.9 Å². The molecule has 1 fully saturated rings. The molecule has 0 unspecified atom stereocenters. The van der Waals surface area contributed by atoms with E-state index in [1.165, 1.54) is 18.7 Å². The third kappa shape index (κ3) is 1.70. The van der Waals surface area contributed by atoms with Crippen LogP contribution in [0.5, 0.6) is 0 Å². The summed E-state index contributed by atoms with van der Waals surface area (Å²) in [6, 6.07) is 0. The molecule has 0 bridgehead atoms. The van der Waals surface area contributed by atoms with Crippen molar-refractivity contribution in [2.24, 2.45) is 10.9 Å². The first-order valence-electron chi connectivity index (χ1n) is 5.26. The lowest BCUT2D eigenvalue weighted by Crippen LogP contribution is -2.43. The van der Waals surface area contributed by atoms with Crippen molar-refractivity contribution in [3.63, 3.8) is 0 Å². The summed E-state index contributed by atoms with van der Waals surface area (Å²) in [5.74, 6) is 1.76. The van der Waals surface area contributed by atoms with Crippen LogP contribution >= 0.6 is 0 Å². The summed E-state index contributed by atoms with van der Waals surface area (Å²) in [5, 5.41) is 6.82. The van der Waals surface area contributed by atoms with E-state index in [2.05, 4.69) is 24.5 Å². The van der Waals surface area contributed by atoms with Crippen LogP contribution in [-0.4, -0.2) is 31.0 Å². The topological polar surface area (TPSA) is 36.4 Å². The fourth-order valence-corrected chi connectivity index (χ4v) is 2.10. The van der Waals surface area contributed by atoms with E-state index in [4.69, 9.17) is 4.99 Å². The lowest BCUT2D eigenvalue weighted by Gasteiger charge is -2.29. The van der Waals surface area contributed by atoms with E-state index >= 15 is 0 Å². The number of amidine groups is 1. The number of piperidine rings is 1. The summed E-state index contributed by atoms with van der Waals surface area (Å²) in [5.41, 5.74) is 0.241. The first-order valence-corrected chi connectivity index (χ1v) is 5.26. The minimum Gasteiger partial charge on any atom is -0.371 e. The molecule has 3 heteroatoms. The van der Waals surface area contributed by atoms with Gasteiger partial charge in [-0.15, -0.1) is 0 Å². The molecule has 2 rings (SSSR count). The highest BCUT2D eigenvalue weighted by molar-refractivity contribution is 5.86. The highest BCUT2D eigenvalue weighted by Crippen LogP contribution is 2.26. The SMILES string of the molecule is CC(C)C1=NC2(CCNCC2)CN1. The molecule has 13 heavy (non-hydrogen) atoms. The lowest BCUT2D eigenvalue weighted by molar-refractivity contribution is 0.328. The second-order valence-corrected chi connectivity index (χ2v) is 4.48. The normalized spacial score (nSPS) is 26.2. The van der Waals surface area contributed by atoms with E-state index in [1.54, 1.807) is 0 Å². The Morgan fingerprint density at radius 2 is 2.00 bits per heavy atom. The summed E-state index contributed by atoms with van der Waals surface area (Å²) in [4.78, 5) is 4.84. The summed E-state index contributed by atoms with van der Waals surface area (Å²) < 4.78 is 0. The number of rotatable bonds is 1. The molecule has 2 aliphatic rings. The maximum Gasteiger partial charge on any atom is 0.0997 e. The second kappa shape index (κ2) is 3.29. The Kier molecular flexibility index (Phi) is 2.28. The van der Waals surface area contributed by atoms with Crippen molar-refractivity contribution in [2.75, 3.05) is 19.6 Å². The van der Waals surface area contributed by atoms with E-state index in [9.17, 15) is 0 Å². The molecule has 0 saturated carbocycles. The van der Waals surface area contributed by atoms with Gasteiger partial charge in [0.1, 0.15) is 0 Å². The summed E-state index contributed by atoms with van der Waals surface area (Å²) in [7, 11) is 0. The van der Waals surface area contributed by atoms with Gasteiger partial charge in [-0.1, -0.05) is 13.8 Å². The summed E-state index contributed by atoms with van der Waals surface area (Å²) >= 11 is 0. The molecule has 2 N–H and O–H groups in total. The highest BCUT2D eigenvalue weighted by Gasteiger charge is 2.36. The van der Waals surface area contributed by atoms with E-state index in [1.807, 2.05) is 0 Å². The van der Waals surface area contributed by atoms with Crippen LogP contribution < -0.4 is 10.6 Å². The maximum atomic E-state index is 4.84. The van der Waals surface area contributed by atoms with Gasteiger partial charge >= 0.3 is 0 Å². The van der Waals surface area contributed by atoms with Gasteiger partial charge in [0.05, 0.1) is 11.4 Å². The largest absolute Gasteiger partial charge is 0.371 e. The van der Waals surface area contributed by atoms with Crippen molar-refractivity contribution >= 4 is 5.84 Å². The Hall–Kier alpha value is -0.570. The lowest BCUT2D eigenvalue weighted by atomic mass is 9.90. The molecular weight excluding hydrogens is 162 g/mol. The average Bonchev–Trinajstić information content (AvgIpc) is 2.51. The Bertz CT molecular complexity index is 214. The minimum atomic E-state index is 0.241. The monoisotopic (exact) mass is 181 g/mol. The molecular formula is C10H19N3. The molecule has 2 heterocycles. The number of nitrogens with zero attached hydrogens (tertiary/aromatic N) is 1. The third-order valence-corrected chi connectivity index (χ3v) is 3.04. The molecule has 1 spiro atoms. The number of hydrogen-bond acceptors (Lipinski definition) is 3. The zero-order valence-corrected chi connectivity index (χ0v) is 8.56. The van der Waals surface area contributed by atoms with Crippen LogP contribution in [0.4, 0.5) is 0 Å². The zero-order valence-electron chi connectivity index (χ0n) is 8.56.